The number of aromatic nitrogens is 4. The zero-order chi connectivity index (χ0) is 28.3. The highest BCUT2D eigenvalue weighted by atomic mass is 32.2. The molecule has 0 bridgehead atoms. The predicted octanol–water partition coefficient (Wildman–Crippen LogP) is 3.00. The molecule has 1 aromatic carbocycles. The van der Waals surface area contributed by atoms with Gasteiger partial charge in [-0.25, -0.2) is 17.9 Å². The number of hydrogen-bond donors (Lipinski definition) is 2. The van der Waals surface area contributed by atoms with Gasteiger partial charge in [0.25, 0.3) is 0 Å². The van der Waals surface area contributed by atoms with Gasteiger partial charge in [0.2, 0.25) is 10.0 Å². The Morgan fingerprint density at radius 1 is 1.15 bits per heavy atom. The Balaban J connectivity index is 1.53. The Hall–Kier alpha value is -3.42. The Morgan fingerprint density at radius 2 is 1.87 bits per heavy atom. The van der Waals surface area contributed by atoms with Crippen molar-refractivity contribution in [2.45, 2.75) is 52.1 Å². The van der Waals surface area contributed by atoms with Crippen molar-refractivity contribution < 1.29 is 22.7 Å². The molecule has 3 heterocycles. The van der Waals surface area contributed by atoms with E-state index < -0.39 is 22.0 Å². The van der Waals surface area contributed by atoms with E-state index in [1.807, 2.05) is 25.1 Å². The number of benzene rings is 1. The third kappa shape index (κ3) is 6.10. The van der Waals surface area contributed by atoms with Crippen molar-refractivity contribution in [1.82, 2.24) is 29.4 Å². The highest BCUT2D eigenvalue weighted by Gasteiger charge is 2.30. The van der Waals surface area contributed by atoms with Crippen LogP contribution in [0.25, 0.3) is 0 Å². The van der Waals surface area contributed by atoms with E-state index in [1.165, 1.54) is 0 Å². The molecule has 0 saturated carbocycles. The standard InChI is InChI=1S/C26H37N7O5S/c1-7-33-24(19(5)30-39(35,36)23-17(3)22(27-18(23)4)25(34)37-8-2)28-29-26(33)38-21-11-9-10-20(16-21)32-14-12-31(6)13-15-32/h9-11,16,19,27,30H,7-8,12-15H2,1-6H3/t19-/m1/s1. The lowest BCUT2D eigenvalue weighted by molar-refractivity contribution is 0.0519. The number of nitrogens with zero attached hydrogens (tertiary/aromatic N) is 5. The van der Waals surface area contributed by atoms with Crippen LogP contribution in [0.15, 0.2) is 29.2 Å². The summed E-state index contributed by atoms with van der Waals surface area (Å²) < 4.78 is 42.3. The number of rotatable bonds is 10. The van der Waals surface area contributed by atoms with Gasteiger partial charge in [-0.3, -0.25) is 4.57 Å². The molecule has 212 valence electrons. The number of aromatic amines is 1. The summed E-state index contributed by atoms with van der Waals surface area (Å²) in [7, 11) is -1.89. The number of nitrogens with one attached hydrogen (secondary N) is 2. The van der Waals surface area contributed by atoms with E-state index in [1.54, 1.807) is 32.3 Å². The topological polar surface area (TPSA) is 135 Å². The number of carbonyl (C=O) groups is 1. The average Bonchev–Trinajstić information content (AvgIpc) is 3.44. The fourth-order valence-electron chi connectivity index (χ4n) is 4.79. The van der Waals surface area contributed by atoms with Crippen molar-refractivity contribution in [3.05, 3.63) is 47.0 Å². The number of hydrogen-bond acceptors (Lipinski definition) is 9. The first-order chi connectivity index (χ1) is 18.6. The molecule has 2 N–H and O–H groups in total. The van der Waals surface area contributed by atoms with Crippen molar-refractivity contribution in [2.75, 3.05) is 44.7 Å². The minimum absolute atomic E-state index is 0.0113. The molecule has 0 amide bonds. The molecule has 4 rings (SSSR count). The van der Waals surface area contributed by atoms with E-state index >= 15 is 0 Å². The predicted molar refractivity (Wildman–Crippen MR) is 147 cm³/mol. The number of sulfonamides is 1. The second kappa shape index (κ2) is 11.8. The summed E-state index contributed by atoms with van der Waals surface area (Å²) in [6.45, 7) is 13.0. The molecule has 0 spiro atoms. The summed E-state index contributed by atoms with van der Waals surface area (Å²) in [5, 5.41) is 8.46. The van der Waals surface area contributed by atoms with E-state index in [2.05, 4.69) is 42.8 Å². The maximum absolute atomic E-state index is 13.4. The van der Waals surface area contributed by atoms with Gasteiger partial charge in [-0.1, -0.05) is 11.2 Å². The Bertz CT molecular complexity index is 1420. The lowest BCUT2D eigenvalue weighted by Crippen LogP contribution is -2.44. The monoisotopic (exact) mass is 559 g/mol. The first kappa shape index (κ1) is 28.6. The highest BCUT2D eigenvalue weighted by molar-refractivity contribution is 7.89. The minimum atomic E-state index is -4.01. The SMILES string of the molecule is CCOC(=O)c1[nH]c(C)c(S(=O)(=O)N[C@H](C)c2nnc(Oc3cccc(N4CCN(C)CC4)c3)n2CC)c1C. The molecule has 1 saturated heterocycles. The van der Waals surface area contributed by atoms with Gasteiger partial charge in [-0.05, 0) is 53.8 Å². The number of ether oxygens (including phenoxy) is 2. The van der Waals surface area contributed by atoms with E-state index in [4.69, 9.17) is 9.47 Å². The van der Waals surface area contributed by atoms with Crippen molar-refractivity contribution in [3.8, 4) is 11.8 Å². The van der Waals surface area contributed by atoms with Gasteiger partial charge in [-0.2, -0.15) is 0 Å². The molecule has 1 aliphatic rings. The van der Waals surface area contributed by atoms with Crippen LogP contribution in [0.4, 0.5) is 5.69 Å². The van der Waals surface area contributed by atoms with Crippen molar-refractivity contribution in [2.24, 2.45) is 0 Å². The number of piperazine rings is 1. The van der Waals surface area contributed by atoms with E-state index in [0.29, 0.717) is 29.4 Å². The van der Waals surface area contributed by atoms with Crippen molar-refractivity contribution >= 4 is 21.7 Å². The second-order valence-electron chi connectivity index (χ2n) is 9.62. The third-order valence-electron chi connectivity index (χ3n) is 6.79. The molecule has 2 aromatic heterocycles. The van der Waals surface area contributed by atoms with Gasteiger partial charge in [0, 0.05) is 55.7 Å². The molecular weight excluding hydrogens is 522 g/mol. The summed E-state index contributed by atoms with van der Waals surface area (Å²) in [5.74, 6) is 0.429. The average molecular weight is 560 g/mol. The van der Waals surface area contributed by atoms with E-state index in [9.17, 15) is 13.2 Å². The summed E-state index contributed by atoms with van der Waals surface area (Å²) >= 11 is 0. The van der Waals surface area contributed by atoms with Crippen LogP contribution in [0, 0.1) is 13.8 Å². The molecule has 0 aliphatic carbocycles. The van der Waals surface area contributed by atoms with Crippen LogP contribution in [0.1, 0.15) is 54.4 Å². The van der Waals surface area contributed by atoms with Crippen LogP contribution < -0.4 is 14.4 Å². The molecule has 1 fully saturated rings. The largest absolute Gasteiger partial charge is 0.461 e. The third-order valence-corrected chi connectivity index (χ3v) is 8.61. The maximum atomic E-state index is 13.4. The number of esters is 1. The van der Waals surface area contributed by atoms with Crippen LogP contribution in [-0.4, -0.2) is 78.9 Å². The number of anilines is 1. The fourth-order valence-corrected chi connectivity index (χ4v) is 6.44. The van der Waals surface area contributed by atoms with Gasteiger partial charge in [0.1, 0.15) is 16.3 Å². The summed E-state index contributed by atoms with van der Waals surface area (Å²) in [5.41, 5.74) is 1.83. The molecular formula is C26H37N7O5S. The highest BCUT2D eigenvalue weighted by Crippen LogP contribution is 2.29. The molecule has 1 atom stereocenters. The maximum Gasteiger partial charge on any atom is 0.355 e. The quantitative estimate of drug-likeness (QED) is 0.360. The van der Waals surface area contributed by atoms with Crippen LogP contribution in [0.2, 0.25) is 0 Å². The van der Waals surface area contributed by atoms with Crippen LogP contribution in [0.5, 0.6) is 11.8 Å². The van der Waals surface area contributed by atoms with Gasteiger partial charge < -0.3 is 24.3 Å². The lowest BCUT2D eigenvalue weighted by Gasteiger charge is -2.34. The minimum Gasteiger partial charge on any atom is -0.461 e. The molecule has 1 aliphatic heterocycles. The van der Waals surface area contributed by atoms with Crippen molar-refractivity contribution in [3.63, 3.8) is 0 Å². The van der Waals surface area contributed by atoms with Gasteiger partial charge in [0.15, 0.2) is 5.82 Å². The van der Waals surface area contributed by atoms with E-state index in [0.717, 1.165) is 31.9 Å². The summed E-state index contributed by atoms with van der Waals surface area (Å²) in [4.78, 5) is 19.7. The zero-order valence-corrected chi connectivity index (χ0v) is 24.1. The number of carbonyl (C=O) groups excluding carboxylic acids is 1. The first-order valence-electron chi connectivity index (χ1n) is 13.1. The fraction of sp³-hybridized carbons (Fsp3) is 0.500. The van der Waals surface area contributed by atoms with Crippen LogP contribution in [-0.2, 0) is 21.3 Å². The number of H-pyrrole nitrogens is 1. The Morgan fingerprint density at radius 3 is 2.54 bits per heavy atom. The molecule has 3 aromatic rings. The molecule has 0 radical (unpaired) electrons. The summed E-state index contributed by atoms with van der Waals surface area (Å²) in [6, 6.07) is 7.38. The van der Waals surface area contributed by atoms with Crippen LogP contribution in [0.3, 0.4) is 0 Å². The van der Waals surface area contributed by atoms with Crippen LogP contribution >= 0.6 is 0 Å². The lowest BCUT2D eigenvalue weighted by atomic mass is 10.2. The second-order valence-corrected chi connectivity index (χ2v) is 11.3. The van der Waals surface area contributed by atoms with Gasteiger partial charge >= 0.3 is 12.0 Å². The zero-order valence-electron chi connectivity index (χ0n) is 23.3. The molecule has 13 heteroatoms. The van der Waals surface area contributed by atoms with E-state index in [-0.39, 0.29) is 23.2 Å². The first-order valence-corrected chi connectivity index (χ1v) is 14.6. The Kier molecular flexibility index (Phi) is 8.62. The summed E-state index contributed by atoms with van der Waals surface area (Å²) in [6.07, 6.45) is 0. The van der Waals surface area contributed by atoms with Gasteiger partial charge in [-0.15, -0.1) is 5.10 Å². The van der Waals surface area contributed by atoms with Crippen molar-refractivity contribution in [1.29, 1.82) is 0 Å². The molecule has 39 heavy (non-hydrogen) atoms. The number of likely N-dealkylation sites (N-methyl/N-ethyl adjacent to an activating group) is 1. The normalized spacial score (nSPS) is 15.4. The molecule has 0 unspecified atom stereocenters. The van der Waals surface area contributed by atoms with Gasteiger partial charge in [0.05, 0.1) is 12.6 Å². The number of aryl methyl sites for hydroxylation is 1. The molecule has 12 nitrogen and oxygen atoms in total. The smallest absolute Gasteiger partial charge is 0.355 e. The Labute approximate surface area is 229 Å².